The second-order valence-corrected chi connectivity index (χ2v) is 8.09. The van der Waals surface area contributed by atoms with Gasteiger partial charge in [-0.15, -0.1) is 12.1 Å². The van der Waals surface area contributed by atoms with E-state index in [1.165, 1.54) is 32.0 Å². The van der Waals surface area contributed by atoms with Crippen molar-refractivity contribution in [1.82, 2.24) is 24.7 Å². The van der Waals surface area contributed by atoms with Crippen molar-refractivity contribution in [2.75, 3.05) is 0 Å². The molecule has 5 nitrogen and oxygen atoms in total. The first kappa shape index (κ1) is 28.4. The molecule has 0 aliphatic heterocycles. The van der Waals surface area contributed by atoms with Gasteiger partial charge in [0, 0.05) is 16.8 Å². The maximum atomic E-state index is 14.2. The van der Waals surface area contributed by atoms with E-state index in [-0.39, 0.29) is 38.3 Å². The molecule has 0 fully saturated rings. The van der Waals surface area contributed by atoms with Crippen LogP contribution in [0.4, 0.5) is 35.1 Å². The monoisotopic (exact) mass is 706 g/mol. The third-order valence-electron chi connectivity index (χ3n) is 5.21. The van der Waals surface area contributed by atoms with Crippen molar-refractivity contribution < 1.29 is 56.2 Å². The molecule has 4 aromatic heterocycles. The van der Waals surface area contributed by atoms with Gasteiger partial charge in [-0.2, -0.15) is 26.3 Å². The molecule has 0 aromatic carbocycles. The van der Waals surface area contributed by atoms with Crippen LogP contribution in [-0.4, -0.2) is 24.7 Å². The fourth-order valence-corrected chi connectivity index (χ4v) is 3.26. The molecule has 0 aliphatic carbocycles. The fourth-order valence-electron chi connectivity index (χ4n) is 3.26. The molecule has 0 amide bonds. The molecule has 0 radical (unpaired) electrons. The van der Waals surface area contributed by atoms with Crippen molar-refractivity contribution in [1.29, 1.82) is 0 Å². The van der Waals surface area contributed by atoms with Gasteiger partial charge < -0.3 is 9.67 Å². The maximum Gasteiger partial charge on any atom is 2.00 e. The van der Waals surface area contributed by atoms with Crippen molar-refractivity contribution >= 4 is 0 Å². The molecule has 37 heavy (non-hydrogen) atoms. The molecule has 0 spiro atoms. The third-order valence-corrected chi connectivity index (χ3v) is 5.21. The average Bonchev–Trinajstić information content (AvgIpc) is 3.29. The Hall–Kier alpha value is -3.21. The van der Waals surface area contributed by atoms with Gasteiger partial charge in [-0.05, 0) is 31.7 Å². The predicted molar refractivity (Wildman–Crippen MR) is 109 cm³/mol. The van der Waals surface area contributed by atoms with Crippen LogP contribution in [0.25, 0.3) is 17.1 Å². The van der Waals surface area contributed by atoms with Crippen LogP contribution < -0.4 is 0 Å². The third kappa shape index (κ3) is 5.87. The number of pyridine rings is 3. The number of hydrogen-bond acceptors (Lipinski definition) is 4. The second-order valence-electron chi connectivity index (χ2n) is 8.09. The van der Waals surface area contributed by atoms with Crippen molar-refractivity contribution in [3.05, 3.63) is 89.3 Å². The molecule has 14 heteroatoms. The molecule has 4 rings (SSSR count). The Bertz CT molecular complexity index is 1430. The Morgan fingerprint density at radius 2 is 1.51 bits per heavy atom. The summed E-state index contributed by atoms with van der Waals surface area (Å²) in [5.74, 6) is -2.69. The first-order valence-corrected chi connectivity index (χ1v) is 10.0. The molecule has 0 saturated heterocycles. The minimum absolute atomic E-state index is 0. The standard InChI is InChI=1S/C23H13F8N5.Pt/c1-21(2,15-4-3-5-19(33-15)36-9-8-16(35-36)23(29,30)31)17-11-12(22(26,27)28)10-14(32-17)13-6-7-18(24)34-20(13)25;/h3-5,7-8,10-11H,1-2H3;/q-2;+2. The van der Waals surface area contributed by atoms with Gasteiger partial charge in [-0.25, -0.2) is 8.78 Å². The second kappa shape index (κ2) is 9.92. The Kier molecular flexibility index (Phi) is 7.60. The van der Waals surface area contributed by atoms with Crippen LogP contribution in [0.3, 0.4) is 0 Å². The van der Waals surface area contributed by atoms with E-state index in [0.717, 1.165) is 10.7 Å². The number of aromatic nitrogens is 5. The molecular weight excluding hydrogens is 693 g/mol. The summed E-state index contributed by atoms with van der Waals surface area (Å²) in [6.07, 6.45) is -7.26. The molecule has 0 N–H and O–H groups in total. The summed E-state index contributed by atoms with van der Waals surface area (Å²) in [5, 5.41) is 3.39. The number of halogens is 8. The zero-order chi connectivity index (χ0) is 26.5. The molecule has 4 aromatic rings. The van der Waals surface area contributed by atoms with E-state index in [9.17, 15) is 35.1 Å². The predicted octanol–water partition coefficient (Wildman–Crippen LogP) is 5.96. The van der Waals surface area contributed by atoms with Crippen LogP contribution in [0.15, 0.2) is 42.5 Å². The average molecular weight is 706 g/mol. The first-order valence-electron chi connectivity index (χ1n) is 10.0. The van der Waals surface area contributed by atoms with Gasteiger partial charge in [-0.3, -0.25) is 15.1 Å². The van der Waals surface area contributed by atoms with E-state index in [1.54, 1.807) is 0 Å². The van der Waals surface area contributed by atoms with Gasteiger partial charge in [0.05, 0.1) is 17.1 Å². The molecular formula is C23H13F8N5Pt. The zero-order valence-corrected chi connectivity index (χ0v) is 20.9. The van der Waals surface area contributed by atoms with Crippen LogP contribution >= 0.6 is 0 Å². The molecule has 0 unspecified atom stereocenters. The van der Waals surface area contributed by atoms with Crippen LogP contribution in [0.5, 0.6) is 0 Å². The molecule has 0 atom stereocenters. The summed E-state index contributed by atoms with van der Waals surface area (Å²) in [6.45, 7) is 2.95. The summed E-state index contributed by atoms with van der Waals surface area (Å²) < 4.78 is 108. The van der Waals surface area contributed by atoms with Gasteiger partial charge >= 0.3 is 33.4 Å². The first-order chi connectivity index (χ1) is 16.7. The van der Waals surface area contributed by atoms with E-state index >= 15 is 0 Å². The van der Waals surface area contributed by atoms with Gasteiger partial charge in [-0.1, -0.05) is 36.0 Å². The molecule has 0 bridgehead atoms. The van der Waals surface area contributed by atoms with Crippen molar-refractivity contribution in [2.24, 2.45) is 0 Å². The Morgan fingerprint density at radius 3 is 2.11 bits per heavy atom. The van der Waals surface area contributed by atoms with Crippen molar-refractivity contribution in [3.8, 4) is 17.1 Å². The molecule has 196 valence electrons. The van der Waals surface area contributed by atoms with Gasteiger partial charge in [0.1, 0.15) is 11.9 Å². The molecule has 4 heterocycles. The maximum absolute atomic E-state index is 14.2. The number of rotatable bonds is 4. The fraction of sp³-hybridized carbons (Fsp3) is 0.217. The topological polar surface area (TPSA) is 56.5 Å². The van der Waals surface area contributed by atoms with Crippen LogP contribution in [0.1, 0.15) is 36.5 Å². The molecule has 0 aliphatic rings. The largest absolute Gasteiger partial charge is 2.00 e. The van der Waals surface area contributed by atoms with E-state index in [1.807, 2.05) is 0 Å². The summed E-state index contributed by atoms with van der Waals surface area (Å²) in [5.41, 5.74) is -4.89. The van der Waals surface area contributed by atoms with E-state index in [4.69, 9.17) is 0 Å². The van der Waals surface area contributed by atoms with Crippen LogP contribution in [0, 0.1) is 24.2 Å². The van der Waals surface area contributed by atoms with E-state index < -0.39 is 52.2 Å². The Labute approximate surface area is 218 Å². The van der Waals surface area contributed by atoms with E-state index in [0.29, 0.717) is 18.2 Å². The Balaban J connectivity index is 0.00000380. The summed E-state index contributed by atoms with van der Waals surface area (Å²) in [7, 11) is 0. The minimum Gasteiger partial charge on any atom is -0.343 e. The zero-order valence-electron chi connectivity index (χ0n) is 18.6. The van der Waals surface area contributed by atoms with Gasteiger partial charge in [0.2, 0.25) is 0 Å². The minimum atomic E-state index is -4.85. The summed E-state index contributed by atoms with van der Waals surface area (Å²) >= 11 is 0. The van der Waals surface area contributed by atoms with Gasteiger partial charge in [0.25, 0.3) is 0 Å². The van der Waals surface area contributed by atoms with Crippen molar-refractivity contribution in [2.45, 2.75) is 31.6 Å². The van der Waals surface area contributed by atoms with E-state index in [2.05, 4.69) is 32.3 Å². The normalized spacial score (nSPS) is 12.4. The van der Waals surface area contributed by atoms with Crippen molar-refractivity contribution in [3.63, 3.8) is 0 Å². The Morgan fingerprint density at radius 1 is 0.811 bits per heavy atom. The quantitative estimate of drug-likeness (QED) is 0.149. The van der Waals surface area contributed by atoms with Crippen LogP contribution in [0.2, 0.25) is 0 Å². The number of nitrogens with zero attached hydrogens (tertiary/aromatic N) is 5. The van der Waals surface area contributed by atoms with Crippen LogP contribution in [-0.2, 0) is 38.8 Å². The SMILES string of the molecule is CC(C)(c1cc(C(F)(F)F)cc(-c2[c-]cc(F)nc2F)n1)c1cccc(-n2[c-]cc(C(F)(F)F)n2)n1.[Pt+2]. The molecule has 0 saturated carbocycles. The number of alkyl halides is 6. The smallest absolute Gasteiger partial charge is 0.343 e. The number of hydrogen-bond donors (Lipinski definition) is 0. The summed E-state index contributed by atoms with van der Waals surface area (Å²) in [4.78, 5) is 11.4. The summed E-state index contributed by atoms with van der Waals surface area (Å²) in [6, 6.07) is 9.00. The van der Waals surface area contributed by atoms with Gasteiger partial charge in [0.15, 0.2) is 0 Å².